The third kappa shape index (κ3) is 3.92. The van der Waals surface area contributed by atoms with E-state index in [1.54, 1.807) is 0 Å². The highest BCUT2D eigenvalue weighted by molar-refractivity contribution is 5.99. The molecule has 0 heterocycles. The molecule has 0 radical (unpaired) electrons. The molecule has 2 N–H and O–H groups in total. The number of carboxylic acid groups (broad SMARTS) is 2. The third-order valence-electron chi connectivity index (χ3n) is 4.03. The molecule has 0 amide bonds. The fourth-order valence-electron chi connectivity index (χ4n) is 3.05. The summed E-state index contributed by atoms with van der Waals surface area (Å²) in [6.07, 6.45) is 1.15. The highest BCUT2D eigenvalue weighted by atomic mass is 16.4. The molecule has 0 saturated heterocycles. The molecule has 1 aliphatic carbocycles. The molecule has 1 aliphatic rings. The lowest BCUT2D eigenvalue weighted by molar-refractivity contribution is -0.138. The van der Waals surface area contributed by atoms with Crippen LogP contribution in [0.1, 0.15) is 52.9 Å². The van der Waals surface area contributed by atoms with Crippen molar-refractivity contribution in [3.05, 3.63) is 11.1 Å². The zero-order chi connectivity index (χ0) is 15.5. The molecular weight excluding hydrogens is 260 g/mol. The van der Waals surface area contributed by atoms with Crippen LogP contribution in [0, 0.1) is 11.3 Å². The van der Waals surface area contributed by atoms with E-state index >= 15 is 0 Å². The van der Waals surface area contributed by atoms with E-state index in [0.29, 0.717) is 18.4 Å². The quantitative estimate of drug-likeness (QED) is 0.781. The number of carbonyl (C=O) groups is 3. The lowest BCUT2D eigenvalue weighted by Gasteiger charge is -2.39. The molecule has 112 valence electrons. The SMILES string of the molecule is CC1=C(CCC(=O)O)C(=O)[C@@H](CCC(=O)O)C(C)(C)C1. The average Bonchev–Trinajstić information content (AvgIpc) is 2.25. The molecular formula is C15H22O5. The minimum Gasteiger partial charge on any atom is -0.481 e. The van der Waals surface area contributed by atoms with Gasteiger partial charge in [-0.25, -0.2) is 0 Å². The number of ketones is 1. The van der Waals surface area contributed by atoms with Gasteiger partial charge in [-0.3, -0.25) is 14.4 Å². The Morgan fingerprint density at radius 2 is 1.75 bits per heavy atom. The minimum absolute atomic E-state index is 0.0366. The number of rotatable bonds is 6. The Labute approximate surface area is 118 Å². The van der Waals surface area contributed by atoms with Gasteiger partial charge < -0.3 is 10.2 Å². The second-order valence-corrected chi connectivity index (χ2v) is 6.17. The van der Waals surface area contributed by atoms with Gasteiger partial charge in [-0.05, 0) is 37.2 Å². The normalized spacial score (nSPS) is 21.9. The van der Waals surface area contributed by atoms with E-state index in [-0.39, 0.29) is 36.4 Å². The summed E-state index contributed by atoms with van der Waals surface area (Å²) < 4.78 is 0. The van der Waals surface area contributed by atoms with E-state index < -0.39 is 11.9 Å². The maximum atomic E-state index is 12.5. The van der Waals surface area contributed by atoms with Gasteiger partial charge in [0.05, 0.1) is 0 Å². The van der Waals surface area contributed by atoms with Crippen LogP contribution in [0.5, 0.6) is 0 Å². The molecule has 0 bridgehead atoms. The molecule has 20 heavy (non-hydrogen) atoms. The summed E-state index contributed by atoms with van der Waals surface area (Å²) in [4.78, 5) is 33.9. The van der Waals surface area contributed by atoms with Crippen molar-refractivity contribution in [2.45, 2.75) is 52.9 Å². The first-order valence-corrected chi connectivity index (χ1v) is 6.81. The molecule has 0 unspecified atom stereocenters. The predicted octanol–water partition coefficient (Wildman–Crippen LogP) is 2.65. The fourth-order valence-corrected chi connectivity index (χ4v) is 3.05. The monoisotopic (exact) mass is 282 g/mol. The lowest BCUT2D eigenvalue weighted by atomic mass is 9.64. The van der Waals surface area contributed by atoms with E-state index in [4.69, 9.17) is 10.2 Å². The van der Waals surface area contributed by atoms with Gasteiger partial charge in [0, 0.05) is 18.8 Å². The minimum atomic E-state index is -0.926. The maximum Gasteiger partial charge on any atom is 0.303 e. The number of aliphatic carboxylic acids is 2. The Bertz CT molecular complexity index is 459. The first kappa shape index (κ1) is 16.4. The number of hydrogen-bond donors (Lipinski definition) is 2. The van der Waals surface area contributed by atoms with Crippen molar-refractivity contribution in [1.82, 2.24) is 0 Å². The number of allylic oxidation sites excluding steroid dienone is 2. The number of hydrogen-bond acceptors (Lipinski definition) is 3. The summed E-state index contributed by atoms with van der Waals surface area (Å²) in [7, 11) is 0. The summed E-state index contributed by atoms with van der Waals surface area (Å²) >= 11 is 0. The van der Waals surface area contributed by atoms with Crippen LogP contribution in [0.15, 0.2) is 11.1 Å². The Hall–Kier alpha value is -1.65. The van der Waals surface area contributed by atoms with Gasteiger partial charge in [0.25, 0.3) is 0 Å². The maximum absolute atomic E-state index is 12.5. The van der Waals surface area contributed by atoms with Crippen LogP contribution in [-0.2, 0) is 14.4 Å². The number of carbonyl (C=O) groups excluding carboxylic acids is 1. The van der Waals surface area contributed by atoms with E-state index in [2.05, 4.69) is 0 Å². The first-order valence-electron chi connectivity index (χ1n) is 6.81. The highest BCUT2D eigenvalue weighted by Gasteiger charge is 2.40. The number of Topliss-reactive ketones (excluding diaryl/α,β-unsaturated/α-hetero) is 1. The molecule has 0 aromatic rings. The van der Waals surface area contributed by atoms with Gasteiger partial charge in [0.1, 0.15) is 0 Å². The Morgan fingerprint density at radius 3 is 2.25 bits per heavy atom. The van der Waals surface area contributed by atoms with Gasteiger partial charge in [0.15, 0.2) is 5.78 Å². The van der Waals surface area contributed by atoms with E-state index in [1.807, 2.05) is 20.8 Å². The lowest BCUT2D eigenvalue weighted by Crippen LogP contribution is -2.37. The summed E-state index contributed by atoms with van der Waals surface area (Å²) in [6.45, 7) is 5.80. The standard InChI is InChI=1S/C15H22O5/c1-9-8-15(2,3)11(5-7-13(18)19)14(20)10(9)4-6-12(16)17/h11H,4-8H2,1-3H3,(H,16,17)(H,18,19)/t11-/m1/s1. The van der Waals surface area contributed by atoms with Crippen LogP contribution in [0.25, 0.3) is 0 Å². The molecule has 0 fully saturated rings. The van der Waals surface area contributed by atoms with Gasteiger partial charge in [-0.15, -0.1) is 0 Å². The smallest absolute Gasteiger partial charge is 0.303 e. The second-order valence-electron chi connectivity index (χ2n) is 6.17. The molecule has 0 aliphatic heterocycles. The summed E-state index contributed by atoms with van der Waals surface area (Å²) in [5, 5.41) is 17.5. The summed E-state index contributed by atoms with van der Waals surface area (Å²) in [6, 6.07) is 0. The zero-order valence-electron chi connectivity index (χ0n) is 12.2. The number of carboxylic acids is 2. The predicted molar refractivity (Wildman–Crippen MR) is 73.3 cm³/mol. The van der Waals surface area contributed by atoms with Gasteiger partial charge in [-0.2, -0.15) is 0 Å². The molecule has 0 aromatic heterocycles. The molecule has 5 heteroatoms. The fraction of sp³-hybridized carbons (Fsp3) is 0.667. The van der Waals surface area contributed by atoms with Gasteiger partial charge in [0.2, 0.25) is 0 Å². The topological polar surface area (TPSA) is 91.7 Å². The summed E-state index contributed by atoms with van der Waals surface area (Å²) in [5.41, 5.74) is 1.25. The Kier molecular flexibility index (Phi) is 5.09. The molecule has 0 aromatic carbocycles. The zero-order valence-corrected chi connectivity index (χ0v) is 12.2. The van der Waals surface area contributed by atoms with E-state index in [9.17, 15) is 14.4 Å². The molecule has 5 nitrogen and oxygen atoms in total. The van der Waals surface area contributed by atoms with Crippen molar-refractivity contribution in [2.24, 2.45) is 11.3 Å². The Balaban J connectivity index is 2.94. The third-order valence-corrected chi connectivity index (χ3v) is 4.03. The van der Waals surface area contributed by atoms with E-state index in [1.165, 1.54) is 0 Å². The van der Waals surface area contributed by atoms with Crippen molar-refractivity contribution in [3.8, 4) is 0 Å². The van der Waals surface area contributed by atoms with E-state index in [0.717, 1.165) is 5.57 Å². The van der Waals surface area contributed by atoms with Gasteiger partial charge >= 0.3 is 11.9 Å². The van der Waals surface area contributed by atoms with Crippen molar-refractivity contribution in [2.75, 3.05) is 0 Å². The summed E-state index contributed by atoms with van der Waals surface area (Å²) in [5.74, 6) is -2.25. The van der Waals surface area contributed by atoms with Crippen LogP contribution in [0.2, 0.25) is 0 Å². The molecule has 1 rings (SSSR count). The van der Waals surface area contributed by atoms with Crippen LogP contribution < -0.4 is 0 Å². The van der Waals surface area contributed by atoms with Crippen molar-refractivity contribution < 1.29 is 24.6 Å². The Morgan fingerprint density at radius 1 is 1.20 bits per heavy atom. The molecule has 0 saturated carbocycles. The van der Waals surface area contributed by atoms with Crippen molar-refractivity contribution in [1.29, 1.82) is 0 Å². The molecule has 1 atom stereocenters. The second kappa shape index (κ2) is 6.20. The molecule has 0 spiro atoms. The largest absolute Gasteiger partial charge is 0.481 e. The van der Waals surface area contributed by atoms with Crippen LogP contribution in [-0.4, -0.2) is 27.9 Å². The van der Waals surface area contributed by atoms with Crippen LogP contribution >= 0.6 is 0 Å². The van der Waals surface area contributed by atoms with Crippen LogP contribution in [0.3, 0.4) is 0 Å². The first-order chi connectivity index (χ1) is 9.15. The average molecular weight is 282 g/mol. The van der Waals surface area contributed by atoms with Gasteiger partial charge in [-0.1, -0.05) is 19.4 Å². The van der Waals surface area contributed by atoms with Crippen LogP contribution in [0.4, 0.5) is 0 Å². The van der Waals surface area contributed by atoms with Crippen molar-refractivity contribution in [3.63, 3.8) is 0 Å². The van der Waals surface area contributed by atoms with Crippen molar-refractivity contribution >= 4 is 17.7 Å². The highest BCUT2D eigenvalue weighted by Crippen LogP contribution is 2.44.